The largest absolute Gasteiger partial charge is 0.368 e. The quantitative estimate of drug-likeness (QED) is 0.695. The van der Waals surface area contributed by atoms with Gasteiger partial charge in [0.2, 0.25) is 0 Å². The molecule has 0 saturated heterocycles. The van der Waals surface area contributed by atoms with Crippen molar-refractivity contribution in [3.63, 3.8) is 0 Å². The van der Waals surface area contributed by atoms with Crippen LogP contribution in [0.4, 0.5) is 5.82 Å². The summed E-state index contributed by atoms with van der Waals surface area (Å²) in [5, 5.41) is 3.11. The van der Waals surface area contributed by atoms with E-state index in [2.05, 4.69) is 29.1 Å². The number of H-pyrrole nitrogens is 1. The van der Waals surface area contributed by atoms with Crippen molar-refractivity contribution in [3.05, 3.63) is 12.0 Å². The molecule has 0 bridgehead atoms. The molecule has 0 aliphatic rings. The number of nitrogens with zero attached hydrogens (tertiary/aromatic N) is 1. The molecule has 1 heterocycles. The standard InChI is InChI=1S/C9H15N3O/c1-6(2)4-10-9-8(7(3)13)11-5-12-9/h5-6,10H,4H2,1-3H3,(H,11,12). The number of aromatic nitrogens is 2. The molecular weight excluding hydrogens is 166 g/mol. The molecule has 1 rings (SSSR count). The second-order valence-electron chi connectivity index (χ2n) is 3.46. The lowest BCUT2D eigenvalue weighted by molar-refractivity contribution is 0.101. The van der Waals surface area contributed by atoms with Crippen LogP contribution in [0, 0.1) is 5.92 Å². The van der Waals surface area contributed by atoms with E-state index in [9.17, 15) is 4.79 Å². The maximum absolute atomic E-state index is 11.1. The fourth-order valence-corrected chi connectivity index (χ4v) is 0.997. The van der Waals surface area contributed by atoms with Gasteiger partial charge in [-0.2, -0.15) is 0 Å². The second kappa shape index (κ2) is 4.07. The molecule has 1 aromatic rings. The number of anilines is 1. The molecule has 0 atom stereocenters. The van der Waals surface area contributed by atoms with E-state index in [4.69, 9.17) is 0 Å². The van der Waals surface area contributed by atoms with Gasteiger partial charge in [-0.05, 0) is 5.92 Å². The molecular formula is C9H15N3O. The Labute approximate surface area is 77.8 Å². The van der Waals surface area contributed by atoms with Gasteiger partial charge in [0.1, 0.15) is 5.69 Å². The van der Waals surface area contributed by atoms with Crippen LogP contribution in [0.15, 0.2) is 6.33 Å². The third-order valence-corrected chi connectivity index (χ3v) is 1.67. The Bertz CT molecular complexity index is 291. The van der Waals surface area contributed by atoms with Crippen molar-refractivity contribution in [1.82, 2.24) is 9.97 Å². The van der Waals surface area contributed by atoms with Crippen molar-refractivity contribution in [2.45, 2.75) is 20.8 Å². The number of ketones is 1. The first-order chi connectivity index (χ1) is 6.11. The smallest absolute Gasteiger partial charge is 0.179 e. The van der Waals surface area contributed by atoms with Gasteiger partial charge in [0, 0.05) is 13.5 Å². The van der Waals surface area contributed by atoms with Crippen molar-refractivity contribution in [1.29, 1.82) is 0 Å². The third kappa shape index (κ3) is 2.57. The summed E-state index contributed by atoms with van der Waals surface area (Å²) < 4.78 is 0. The Balaban J connectivity index is 2.65. The molecule has 0 radical (unpaired) electrons. The topological polar surface area (TPSA) is 57.8 Å². The van der Waals surface area contributed by atoms with Gasteiger partial charge >= 0.3 is 0 Å². The molecule has 1 aromatic heterocycles. The summed E-state index contributed by atoms with van der Waals surface area (Å²) in [5.41, 5.74) is 0.556. The first-order valence-electron chi connectivity index (χ1n) is 4.39. The average molecular weight is 181 g/mol. The van der Waals surface area contributed by atoms with Crippen molar-refractivity contribution in [2.75, 3.05) is 11.9 Å². The highest BCUT2D eigenvalue weighted by Crippen LogP contribution is 2.10. The van der Waals surface area contributed by atoms with Crippen molar-refractivity contribution in [2.24, 2.45) is 5.92 Å². The molecule has 0 aliphatic heterocycles. The number of aromatic amines is 1. The van der Waals surface area contributed by atoms with E-state index in [1.807, 2.05) is 0 Å². The number of rotatable bonds is 4. The number of imidazole rings is 1. The monoisotopic (exact) mass is 181 g/mol. The Kier molecular flexibility index (Phi) is 3.06. The van der Waals surface area contributed by atoms with Crippen LogP contribution >= 0.6 is 0 Å². The fourth-order valence-electron chi connectivity index (χ4n) is 0.997. The number of carbonyl (C=O) groups excluding carboxylic acids is 1. The fraction of sp³-hybridized carbons (Fsp3) is 0.556. The van der Waals surface area contributed by atoms with Crippen LogP contribution in [0.1, 0.15) is 31.3 Å². The molecule has 0 amide bonds. The van der Waals surface area contributed by atoms with Crippen LogP contribution in [-0.4, -0.2) is 22.3 Å². The second-order valence-corrected chi connectivity index (χ2v) is 3.46. The summed E-state index contributed by atoms with van der Waals surface area (Å²) in [5.74, 6) is 1.20. The lowest BCUT2D eigenvalue weighted by Crippen LogP contribution is -2.10. The Hall–Kier alpha value is -1.32. The number of hydrogen-bond acceptors (Lipinski definition) is 3. The Morgan fingerprint density at radius 3 is 2.92 bits per heavy atom. The van der Waals surface area contributed by atoms with Gasteiger partial charge in [0.25, 0.3) is 0 Å². The molecule has 0 unspecified atom stereocenters. The lowest BCUT2D eigenvalue weighted by atomic mass is 10.2. The third-order valence-electron chi connectivity index (χ3n) is 1.67. The van der Waals surface area contributed by atoms with Gasteiger partial charge in [-0.15, -0.1) is 0 Å². The maximum Gasteiger partial charge on any atom is 0.179 e. The minimum absolute atomic E-state index is 0.00348. The lowest BCUT2D eigenvalue weighted by Gasteiger charge is -2.06. The van der Waals surface area contributed by atoms with Gasteiger partial charge in [-0.3, -0.25) is 4.79 Å². The molecule has 0 spiro atoms. The Morgan fingerprint density at radius 1 is 1.69 bits per heavy atom. The van der Waals surface area contributed by atoms with E-state index < -0.39 is 0 Å². The summed E-state index contributed by atoms with van der Waals surface area (Å²) in [6.45, 7) is 6.55. The summed E-state index contributed by atoms with van der Waals surface area (Å²) in [4.78, 5) is 17.9. The van der Waals surface area contributed by atoms with Gasteiger partial charge in [0.05, 0.1) is 6.33 Å². The van der Waals surface area contributed by atoms with E-state index >= 15 is 0 Å². The minimum Gasteiger partial charge on any atom is -0.368 e. The highest BCUT2D eigenvalue weighted by Gasteiger charge is 2.09. The SMILES string of the molecule is CC(=O)c1[nH]cnc1NCC(C)C. The number of Topliss-reactive ketones (excluding diaryl/α,β-unsaturated/α-hetero) is 1. The van der Waals surface area contributed by atoms with Gasteiger partial charge in [-0.25, -0.2) is 4.98 Å². The zero-order chi connectivity index (χ0) is 9.84. The highest BCUT2D eigenvalue weighted by atomic mass is 16.1. The highest BCUT2D eigenvalue weighted by molar-refractivity contribution is 5.96. The summed E-state index contributed by atoms with van der Waals surface area (Å²) >= 11 is 0. The van der Waals surface area contributed by atoms with Crippen molar-refractivity contribution in [3.8, 4) is 0 Å². The Morgan fingerprint density at radius 2 is 2.38 bits per heavy atom. The van der Waals surface area contributed by atoms with E-state index in [1.165, 1.54) is 13.3 Å². The zero-order valence-corrected chi connectivity index (χ0v) is 8.22. The van der Waals surface area contributed by atoms with Gasteiger partial charge < -0.3 is 10.3 Å². The summed E-state index contributed by atoms with van der Waals surface area (Å²) in [6.07, 6.45) is 1.53. The maximum atomic E-state index is 11.1. The molecule has 0 saturated carbocycles. The molecule has 0 aliphatic carbocycles. The first kappa shape index (κ1) is 9.77. The van der Waals surface area contributed by atoms with E-state index in [0.29, 0.717) is 17.4 Å². The van der Waals surface area contributed by atoms with Crippen LogP contribution in [0.2, 0.25) is 0 Å². The normalized spacial score (nSPS) is 10.5. The van der Waals surface area contributed by atoms with Gasteiger partial charge in [0.15, 0.2) is 11.6 Å². The number of nitrogens with one attached hydrogen (secondary N) is 2. The van der Waals surface area contributed by atoms with E-state index in [-0.39, 0.29) is 5.78 Å². The molecule has 0 fully saturated rings. The van der Waals surface area contributed by atoms with E-state index in [0.717, 1.165) is 6.54 Å². The first-order valence-corrected chi connectivity index (χ1v) is 4.39. The molecule has 13 heavy (non-hydrogen) atoms. The molecule has 0 aromatic carbocycles. The van der Waals surface area contributed by atoms with Gasteiger partial charge in [-0.1, -0.05) is 13.8 Å². The predicted molar refractivity (Wildman–Crippen MR) is 51.9 cm³/mol. The van der Waals surface area contributed by atoms with E-state index in [1.54, 1.807) is 0 Å². The summed E-state index contributed by atoms with van der Waals surface area (Å²) in [6, 6.07) is 0. The van der Waals surface area contributed by atoms with Crippen molar-refractivity contribution < 1.29 is 4.79 Å². The van der Waals surface area contributed by atoms with Crippen molar-refractivity contribution >= 4 is 11.6 Å². The van der Waals surface area contributed by atoms with Crippen LogP contribution in [-0.2, 0) is 0 Å². The predicted octanol–water partition coefficient (Wildman–Crippen LogP) is 1.68. The molecule has 2 N–H and O–H groups in total. The molecule has 72 valence electrons. The summed E-state index contributed by atoms with van der Waals surface area (Å²) in [7, 11) is 0. The van der Waals surface area contributed by atoms with Crippen LogP contribution in [0.25, 0.3) is 0 Å². The number of hydrogen-bond donors (Lipinski definition) is 2. The van der Waals surface area contributed by atoms with Crippen LogP contribution in [0.5, 0.6) is 0 Å². The zero-order valence-electron chi connectivity index (χ0n) is 8.22. The average Bonchev–Trinajstić information content (AvgIpc) is 2.47. The molecule has 4 nitrogen and oxygen atoms in total. The number of carbonyl (C=O) groups is 1. The molecule has 4 heteroatoms. The van der Waals surface area contributed by atoms with Crippen LogP contribution < -0.4 is 5.32 Å². The van der Waals surface area contributed by atoms with Crippen LogP contribution in [0.3, 0.4) is 0 Å². The minimum atomic E-state index is 0.00348.